The average Bonchev–Trinajstić information content (AvgIpc) is 2.62. The Morgan fingerprint density at radius 1 is 0.815 bits per heavy atom. The summed E-state index contributed by atoms with van der Waals surface area (Å²) in [5, 5.41) is 11.5. The number of carbonyl (C=O) groups is 3. The molecule has 0 aromatic rings. The van der Waals surface area contributed by atoms with Gasteiger partial charge in [0.2, 0.25) is 5.91 Å². The van der Waals surface area contributed by atoms with E-state index < -0.39 is 18.0 Å². The molecule has 0 spiro atoms. The summed E-state index contributed by atoms with van der Waals surface area (Å²) in [4.78, 5) is 34.4. The Bertz CT molecular complexity index is 411. The van der Waals surface area contributed by atoms with E-state index in [4.69, 9.17) is 9.84 Å². The van der Waals surface area contributed by atoms with Gasteiger partial charge in [0.1, 0.15) is 6.04 Å². The minimum atomic E-state index is -1.22. The predicted octanol–water partition coefficient (Wildman–Crippen LogP) is 4.60. The van der Waals surface area contributed by atoms with Crippen LogP contribution in [0.1, 0.15) is 104 Å². The van der Waals surface area contributed by atoms with Crippen LogP contribution in [0.15, 0.2) is 0 Å². The third kappa shape index (κ3) is 16.3. The van der Waals surface area contributed by atoms with Gasteiger partial charge in [0, 0.05) is 6.42 Å². The lowest BCUT2D eigenvalue weighted by molar-refractivity contribution is -0.150. The first-order chi connectivity index (χ1) is 13.0. The Morgan fingerprint density at radius 2 is 1.30 bits per heavy atom. The van der Waals surface area contributed by atoms with Gasteiger partial charge >= 0.3 is 11.9 Å². The smallest absolute Gasteiger partial charge is 0.326 e. The van der Waals surface area contributed by atoms with Gasteiger partial charge in [-0.3, -0.25) is 9.59 Å². The highest BCUT2D eigenvalue weighted by atomic mass is 16.5. The lowest BCUT2D eigenvalue weighted by Gasteiger charge is -2.13. The summed E-state index contributed by atoms with van der Waals surface area (Å²) in [6, 6.07) is -1.21. The second kappa shape index (κ2) is 17.8. The van der Waals surface area contributed by atoms with E-state index in [0.29, 0.717) is 6.42 Å². The first-order valence-corrected chi connectivity index (χ1v) is 10.7. The Kier molecular flexibility index (Phi) is 16.8. The van der Waals surface area contributed by atoms with Crippen molar-refractivity contribution in [2.24, 2.45) is 0 Å². The number of hydrogen-bond acceptors (Lipinski definition) is 4. The minimum absolute atomic E-state index is 0.192. The highest BCUT2D eigenvalue weighted by Crippen LogP contribution is 2.12. The van der Waals surface area contributed by atoms with E-state index in [2.05, 4.69) is 12.2 Å². The maximum atomic E-state index is 11.9. The zero-order chi connectivity index (χ0) is 20.3. The fourth-order valence-corrected chi connectivity index (χ4v) is 2.98. The SMILES string of the molecule is CCCCCCCCCCCCCCC(=O)N[C@@H](CC(=O)OCC)C(=O)O. The van der Waals surface area contributed by atoms with Gasteiger partial charge < -0.3 is 15.2 Å². The van der Waals surface area contributed by atoms with Crippen LogP contribution in [0.2, 0.25) is 0 Å². The monoisotopic (exact) mass is 385 g/mol. The van der Waals surface area contributed by atoms with E-state index in [1.807, 2.05) is 0 Å². The molecule has 1 amide bonds. The van der Waals surface area contributed by atoms with Crippen molar-refractivity contribution in [3.05, 3.63) is 0 Å². The molecule has 0 radical (unpaired) electrons. The van der Waals surface area contributed by atoms with Crippen molar-refractivity contribution < 1.29 is 24.2 Å². The van der Waals surface area contributed by atoms with Crippen molar-refractivity contribution in [2.75, 3.05) is 6.61 Å². The van der Waals surface area contributed by atoms with Crippen LogP contribution in [0.3, 0.4) is 0 Å². The van der Waals surface area contributed by atoms with E-state index in [-0.39, 0.29) is 18.9 Å². The molecule has 0 aromatic heterocycles. The summed E-state index contributed by atoms with van der Waals surface area (Å²) in [5.74, 6) is -2.15. The molecule has 0 aliphatic carbocycles. The first-order valence-electron chi connectivity index (χ1n) is 10.7. The van der Waals surface area contributed by atoms with Crippen molar-refractivity contribution in [1.29, 1.82) is 0 Å². The molecule has 0 heterocycles. The average molecular weight is 386 g/mol. The fourth-order valence-electron chi connectivity index (χ4n) is 2.98. The highest BCUT2D eigenvalue weighted by Gasteiger charge is 2.23. The number of aliphatic carboxylic acids is 1. The molecular formula is C21H39NO5. The van der Waals surface area contributed by atoms with Crippen LogP contribution in [0, 0.1) is 0 Å². The maximum absolute atomic E-state index is 11.9. The molecule has 1 atom stereocenters. The molecule has 158 valence electrons. The molecule has 2 N–H and O–H groups in total. The molecule has 0 bridgehead atoms. The topological polar surface area (TPSA) is 92.7 Å². The Balaban J connectivity index is 3.64. The molecule has 0 aromatic carbocycles. The molecule has 0 aliphatic heterocycles. The van der Waals surface area contributed by atoms with Crippen LogP contribution in [-0.2, 0) is 19.1 Å². The van der Waals surface area contributed by atoms with Gasteiger partial charge in [0.05, 0.1) is 13.0 Å². The van der Waals surface area contributed by atoms with Crippen LogP contribution >= 0.6 is 0 Å². The largest absolute Gasteiger partial charge is 0.480 e. The second-order valence-electron chi connectivity index (χ2n) is 7.11. The number of carboxylic acid groups (broad SMARTS) is 1. The van der Waals surface area contributed by atoms with Crippen molar-refractivity contribution in [3.8, 4) is 0 Å². The van der Waals surface area contributed by atoms with E-state index in [0.717, 1.165) is 19.3 Å². The third-order valence-electron chi connectivity index (χ3n) is 4.57. The van der Waals surface area contributed by atoms with Crippen LogP contribution < -0.4 is 5.32 Å². The summed E-state index contributed by atoms with van der Waals surface area (Å²) < 4.78 is 4.73. The van der Waals surface area contributed by atoms with Crippen molar-refractivity contribution >= 4 is 17.8 Å². The lowest BCUT2D eigenvalue weighted by atomic mass is 10.0. The number of carboxylic acids is 1. The third-order valence-corrected chi connectivity index (χ3v) is 4.57. The number of nitrogens with one attached hydrogen (secondary N) is 1. The van der Waals surface area contributed by atoms with Crippen molar-refractivity contribution in [2.45, 2.75) is 110 Å². The van der Waals surface area contributed by atoms with Crippen molar-refractivity contribution in [1.82, 2.24) is 5.32 Å². The number of carbonyl (C=O) groups excluding carboxylic acids is 2. The summed E-state index contributed by atoms with van der Waals surface area (Å²) in [7, 11) is 0. The zero-order valence-corrected chi connectivity index (χ0v) is 17.3. The van der Waals surface area contributed by atoms with E-state index in [1.165, 1.54) is 57.8 Å². The highest BCUT2D eigenvalue weighted by molar-refractivity contribution is 5.87. The van der Waals surface area contributed by atoms with Gasteiger partial charge in [-0.1, -0.05) is 77.6 Å². The van der Waals surface area contributed by atoms with Crippen LogP contribution in [0.4, 0.5) is 0 Å². The number of esters is 1. The summed E-state index contributed by atoms with van der Waals surface area (Å²) in [6.45, 7) is 4.08. The Hall–Kier alpha value is -1.59. The number of ether oxygens (including phenoxy) is 1. The Morgan fingerprint density at radius 3 is 1.74 bits per heavy atom. The van der Waals surface area contributed by atoms with Gasteiger partial charge in [0.25, 0.3) is 0 Å². The quantitative estimate of drug-likeness (QED) is 0.266. The van der Waals surface area contributed by atoms with E-state index >= 15 is 0 Å². The maximum Gasteiger partial charge on any atom is 0.326 e. The van der Waals surface area contributed by atoms with Crippen LogP contribution in [0.25, 0.3) is 0 Å². The predicted molar refractivity (Wildman–Crippen MR) is 107 cm³/mol. The normalized spacial score (nSPS) is 11.8. The van der Waals surface area contributed by atoms with Crippen LogP contribution in [-0.4, -0.2) is 35.6 Å². The van der Waals surface area contributed by atoms with Gasteiger partial charge in [0.15, 0.2) is 0 Å². The molecule has 27 heavy (non-hydrogen) atoms. The molecule has 6 heteroatoms. The number of amides is 1. The summed E-state index contributed by atoms with van der Waals surface area (Å²) in [5.41, 5.74) is 0. The summed E-state index contributed by atoms with van der Waals surface area (Å²) in [6.07, 6.45) is 14.5. The molecule has 0 saturated heterocycles. The first kappa shape index (κ1) is 25.4. The van der Waals surface area contributed by atoms with E-state index in [9.17, 15) is 14.4 Å². The number of rotatable bonds is 18. The van der Waals surface area contributed by atoms with Gasteiger partial charge in [-0.2, -0.15) is 0 Å². The van der Waals surface area contributed by atoms with Crippen molar-refractivity contribution in [3.63, 3.8) is 0 Å². The molecule has 0 aliphatic rings. The summed E-state index contributed by atoms with van der Waals surface area (Å²) >= 11 is 0. The van der Waals surface area contributed by atoms with E-state index in [1.54, 1.807) is 6.92 Å². The number of unbranched alkanes of at least 4 members (excludes halogenated alkanes) is 11. The standard InChI is InChI=1S/C21H39NO5/c1-3-5-6-7-8-9-10-11-12-13-14-15-16-19(23)22-18(21(25)26)17-20(24)27-4-2/h18H,3-17H2,1-2H3,(H,22,23)(H,25,26)/t18-/m0/s1. The minimum Gasteiger partial charge on any atom is -0.480 e. The number of hydrogen-bond donors (Lipinski definition) is 2. The zero-order valence-electron chi connectivity index (χ0n) is 17.3. The van der Waals surface area contributed by atoms with Gasteiger partial charge in [-0.25, -0.2) is 4.79 Å². The van der Waals surface area contributed by atoms with Crippen LogP contribution in [0.5, 0.6) is 0 Å². The Labute approximate surface area is 164 Å². The molecule has 0 unspecified atom stereocenters. The second-order valence-corrected chi connectivity index (χ2v) is 7.11. The molecule has 0 fully saturated rings. The molecule has 6 nitrogen and oxygen atoms in total. The van der Waals surface area contributed by atoms with Gasteiger partial charge in [-0.05, 0) is 13.3 Å². The fraction of sp³-hybridized carbons (Fsp3) is 0.857. The van der Waals surface area contributed by atoms with Gasteiger partial charge in [-0.15, -0.1) is 0 Å². The molecule has 0 rings (SSSR count). The lowest BCUT2D eigenvalue weighted by Crippen LogP contribution is -2.42. The molecule has 0 saturated carbocycles. The molecular weight excluding hydrogens is 346 g/mol.